The maximum absolute atomic E-state index is 13.1. The van der Waals surface area contributed by atoms with E-state index in [-0.39, 0.29) is 23.8 Å². The minimum absolute atomic E-state index is 0.0153. The number of likely N-dealkylation sites (tertiary alicyclic amines) is 1. The second-order valence-electron chi connectivity index (χ2n) is 5.83. The van der Waals surface area contributed by atoms with Gasteiger partial charge < -0.3 is 11.1 Å². The smallest absolute Gasteiger partial charge is 0.237 e. The van der Waals surface area contributed by atoms with Crippen LogP contribution < -0.4 is 11.1 Å². The van der Waals surface area contributed by atoms with Crippen molar-refractivity contribution in [2.45, 2.75) is 25.0 Å². The van der Waals surface area contributed by atoms with Crippen molar-refractivity contribution in [2.24, 2.45) is 5.73 Å². The summed E-state index contributed by atoms with van der Waals surface area (Å²) in [7, 11) is 1.63. The van der Waals surface area contributed by atoms with Crippen LogP contribution in [0.1, 0.15) is 12.0 Å². The number of carbonyl (C=O) groups excluding carboxylic acids is 1. The van der Waals surface area contributed by atoms with Crippen molar-refractivity contribution in [2.75, 3.05) is 13.6 Å². The normalized spacial score (nSPS) is 21.5. The number of amides is 1. The number of hydrogen-bond acceptors (Lipinski definition) is 4. The van der Waals surface area contributed by atoms with Crippen molar-refractivity contribution in [3.63, 3.8) is 0 Å². The van der Waals surface area contributed by atoms with Crippen molar-refractivity contribution >= 4 is 5.91 Å². The number of hydrogen-bond donors (Lipinski definition) is 3. The average Bonchev–Trinajstić information content (AvgIpc) is 3.14. The van der Waals surface area contributed by atoms with E-state index in [1.807, 2.05) is 0 Å². The highest BCUT2D eigenvalue weighted by atomic mass is 19.1. The second kappa shape index (κ2) is 6.47. The van der Waals surface area contributed by atoms with Gasteiger partial charge in [0.2, 0.25) is 5.91 Å². The number of rotatable bonds is 4. The first-order chi connectivity index (χ1) is 11.1. The summed E-state index contributed by atoms with van der Waals surface area (Å²) in [6, 6.07) is 6.00. The summed E-state index contributed by atoms with van der Waals surface area (Å²) in [5, 5.41) is 9.74. The maximum Gasteiger partial charge on any atom is 0.237 e. The molecule has 1 aromatic carbocycles. The number of nitrogens with one attached hydrogen (secondary N) is 2. The van der Waals surface area contributed by atoms with Gasteiger partial charge in [-0.25, -0.2) is 4.39 Å². The summed E-state index contributed by atoms with van der Waals surface area (Å²) in [5.74, 6) is -0.301. The standard InChI is InChI=1S/C16H20FN5O/c1-19-16(23)14-6-13(18)9-22(14)8-11-7-20-21-15(11)10-2-4-12(17)5-3-10/h2-5,7,13-14H,6,8-9,18H2,1H3,(H,19,23)(H,20,21)/t13-,14+/m1/s1. The van der Waals surface area contributed by atoms with Crippen LogP contribution in [0, 0.1) is 5.82 Å². The fourth-order valence-corrected chi connectivity index (χ4v) is 3.07. The zero-order valence-corrected chi connectivity index (χ0v) is 12.9. The van der Waals surface area contributed by atoms with Gasteiger partial charge in [-0.15, -0.1) is 0 Å². The number of aromatic nitrogens is 2. The lowest BCUT2D eigenvalue weighted by Crippen LogP contribution is -2.41. The van der Waals surface area contributed by atoms with E-state index in [1.54, 1.807) is 25.4 Å². The Morgan fingerprint density at radius 1 is 1.48 bits per heavy atom. The summed E-state index contributed by atoms with van der Waals surface area (Å²) >= 11 is 0. The third-order valence-corrected chi connectivity index (χ3v) is 4.21. The summed E-state index contributed by atoms with van der Waals surface area (Å²) in [5.41, 5.74) is 8.67. The summed E-state index contributed by atoms with van der Waals surface area (Å²) in [6.45, 7) is 1.22. The maximum atomic E-state index is 13.1. The predicted octanol–water partition coefficient (Wildman–Crippen LogP) is 0.863. The molecule has 1 amide bonds. The number of H-pyrrole nitrogens is 1. The molecule has 2 atom stereocenters. The van der Waals surface area contributed by atoms with Crippen LogP contribution in [0.5, 0.6) is 0 Å². The number of benzene rings is 1. The molecule has 0 saturated carbocycles. The summed E-state index contributed by atoms with van der Waals surface area (Å²) < 4.78 is 13.1. The van der Waals surface area contributed by atoms with Crippen molar-refractivity contribution in [1.29, 1.82) is 0 Å². The number of aromatic amines is 1. The Kier molecular flexibility index (Phi) is 4.40. The Morgan fingerprint density at radius 2 is 2.22 bits per heavy atom. The monoisotopic (exact) mass is 317 g/mol. The molecule has 0 aliphatic carbocycles. The zero-order valence-electron chi connectivity index (χ0n) is 12.9. The molecule has 0 radical (unpaired) electrons. The Balaban J connectivity index is 1.82. The quantitative estimate of drug-likeness (QED) is 0.781. The van der Waals surface area contributed by atoms with Crippen molar-refractivity contribution in [3.05, 3.63) is 41.8 Å². The molecule has 0 spiro atoms. The second-order valence-corrected chi connectivity index (χ2v) is 5.83. The molecule has 1 fully saturated rings. The highest BCUT2D eigenvalue weighted by Gasteiger charge is 2.35. The van der Waals surface area contributed by atoms with Gasteiger partial charge in [-0.05, 0) is 30.7 Å². The molecule has 1 aliphatic rings. The van der Waals surface area contributed by atoms with E-state index >= 15 is 0 Å². The largest absolute Gasteiger partial charge is 0.358 e. The molecule has 1 aliphatic heterocycles. The number of carbonyl (C=O) groups is 1. The minimum Gasteiger partial charge on any atom is -0.358 e. The first kappa shape index (κ1) is 15.6. The lowest BCUT2D eigenvalue weighted by molar-refractivity contribution is -0.125. The molecular weight excluding hydrogens is 297 g/mol. The summed E-state index contributed by atoms with van der Waals surface area (Å²) in [4.78, 5) is 14.1. The number of likely N-dealkylation sites (N-methyl/N-ethyl adjacent to an activating group) is 1. The molecule has 7 heteroatoms. The van der Waals surface area contributed by atoms with Gasteiger partial charge in [-0.3, -0.25) is 14.8 Å². The molecule has 0 unspecified atom stereocenters. The van der Waals surface area contributed by atoms with Crippen LogP contribution in [0.25, 0.3) is 11.3 Å². The van der Waals surface area contributed by atoms with Crippen LogP contribution in [0.2, 0.25) is 0 Å². The lowest BCUT2D eigenvalue weighted by atomic mass is 10.1. The topological polar surface area (TPSA) is 87.0 Å². The zero-order chi connectivity index (χ0) is 16.4. The van der Waals surface area contributed by atoms with Crippen molar-refractivity contribution < 1.29 is 9.18 Å². The van der Waals surface area contributed by atoms with Gasteiger partial charge in [0.05, 0.1) is 17.9 Å². The first-order valence-electron chi connectivity index (χ1n) is 7.58. The van der Waals surface area contributed by atoms with Gasteiger partial charge in [0, 0.05) is 37.3 Å². The minimum atomic E-state index is -0.278. The molecular formula is C16H20FN5O. The Hall–Kier alpha value is -2.25. The number of halogens is 1. The average molecular weight is 317 g/mol. The van der Waals surface area contributed by atoms with Crippen LogP contribution in [-0.2, 0) is 11.3 Å². The van der Waals surface area contributed by atoms with E-state index in [0.717, 1.165) is 16.8 Å². The van der Waals surface area contributed by atoms with Crippen molar-refractivity contribution in [3.8, 4) is 11.3 Å². The van der Waals surface area contributed by atoms with Crippen LogP contribution in [0.4, 0.5) is 4.39 Å². The molecule has 23 heavy (non-hydrogen) atoms. The fourth-order valence-electron chi connectivity index (χ4n) is 3.07. The van der Waals surface area contributed by atoms with E-state index in [2.05, 4.69) is 20.4 Å². The third-order valence-electron chi connectivity index (χ3n) is 4.21. The molecule has 2 heterocycles. The van der Waals surface area contributed by atoms with Crippen LogP contribution in [-0.4, -0.2) is 46.7 Å². The van der Waals surface area contributed by atoms with Gasteiger partial charge in [-0.1, -0.05) is 0 Å². The van der Waals surface area contributed by atoms with Crippen LogP contribution in [0.15, 0.2) is 30.5 Å². The first-order valence-corrected chi connectivity index (χ1v) is 7.58. The van der Waals surface area contributed by atoms with Gasteiger partial charge in [0.25, 0.3) is 0 Å². The number of nitrogens with zero attached hydrogens (tertiary/aromatic N) is 2. The highest BCUT2D eigenvalue weighted by molar-refractivity contribution is 5.82. The highest BCUT2D eigenvalue weighted by Crippen LogP contribution is 2.26. The Morgan fingerprint density at radius 3 is 2.91 bits per heavy atom. The van der Waals surface area contributed by atoms with Crippen LogP contribution >= 0.6 is 0 Å². The molecule has 6 nitrogen and oxygen atoms in total. The fraction of sp³-hybridized carbons (Fsp3) is 0.375. The Labute approximate surface area is 133 Å². The molecule has 1 aromatic heterocycles. The van der Waals surface area contributed by atoms with Crippen LogP contribution in [0.3, 0.4) is 0 Å². The molecule has 0 bridgehead atoms. The lowest BCUT2D eigenvalue weighted by Gasteiger charge is -2.22. The molecule has 1 saturated heterocycles. The predicted molar refractivity (Wildman–Crippen MR) is 84.8 cm³/mol. The van der Waals surface area contributed by atoms with E-state index in [1.165, 1.54) is 12.1 Å². The van der Waals surface area contributed by atoms with Gasteiger partial charge >= 0.3 is 0 Å². The van der Waals surface area contributed by atoms with E-state index < -0.39 is 0 Å². The molecule has 4 N–H and O–H groups in total. The SMILES string of the molecule is CNC(=O)[C@@H]1C[C@@H](N)CN1Cc1cn[nH]c1-c1ccc(F)cc1. The van der Waals surface area contributed by atoms with Crippen molar-refractivity contribution in [1.82, 2.24) is 20.4 Å². The van der Waals surface area contributed by atoms with E-state index in [4.69, 9.17) is 5.73 Å². The Bertz CT molecular complexity index is 684. The third kappa shape index (κ3) is 3.25. The molecule has 2 aromatic rings. The summed E-state index contributed by atoms with van der Waals surface area (Å²) in [6.07, 6.45) is 2.38. The van der Waals surface area contributed by atoms with Gasteiger partial charge in [0.15, 0.2) is 0 Å². The molecule has 3 rings (SSSR count). The number of nitrogens with two attached hydrogens (primary N) is 1. The van der Waals surface area contributed by atoms with E-state index in [0.29, 0.717) is 19.5 Å². The molecule has 122 valence electrons. The van der Waals surface area contributed by atoms with E-state index in [9.17, 15) is 9.18 Å². The van der Waals surface area contributed by atoms with Gasteiger partial charge in [0.1, 0.15) is 5.82 Å². The van der Waals surface area contributed by atoms with Gasteiger partial charge in [-0.2, -0.15) is 5.10 Å².